The highest BCUT2D eigenvalue weighted by atomic mass is 16.3. The molecule has 0 spiro atoms. The Labute approximate surface area is 74.2 Å². The summed E-state index contributed by atoms with van der Waals surface area (Å²) in [6.45, 7) is 0. The van der Waals surface area contributed by atoms with Crippen molar-refractivity contribution < 1.29 is 5.11 Å². The lowest BCUT2D eigenvalue weighted by atomic mass is 9.53. The average Bonchev–Trinajstić information content (AvgIpc) is 2.13. The number of rotatable bonds is 0. The molecule has 0 aromatic rings. The van der Waals surface area contributed by atoms with Crippen LogP contribution >= 0.6 is 0 Å². The molecule has 0 heterocycles. The molecule has 0 aliphatic heterocycles. The van der Waals surface area contributed by atoms with Crippen LogP contribution in [0.5, 0.6) is 0 Å². The lowest BCUT2D eigenvalue weighted by Gasteiger charge is -2.53. The van der Waals surface area contributed by atoms with E-state index in [1.165, 1.54) is 38.5 Å². The summed E-state index contributed by atoms with van der Waals surface area (Å²) in [7, 11) is 0. The molecule has 4 aliphatic carbocycles. The van der Waals surface area contributed by atoms with Gasteiger partial charge in [0.05, 0.1) is 6.10 Å². The van der Waals surface area contributed by atoms with E-state index in [2.05, 4.69) is 0 Å². The second-order valence-electron chi connectivity index (χ2n) is 5.08. The van der Waals surface area contributed by atoms with E-state index in [4.69, 9.17) is 0 Å². The van der Waals surface area contributed by atoms with Gasteiger partial charge in [-0.25, -0.2) is 0 Å². The highest BCUT2D eigenvalue weighted by Gasteiger charge is 2.48. The second kappa shape index (κ2) is 2.47. The summed E-state index contributed by atoms with van der Waals surface area (Å²) in [6.07, 6.45) is 8.34. The molecule has 12 heavy (non-hydrogen) atoms. The van der Waals surface area contributed by atoms with Crippen LogP contribution in [0.1, 0.15) is 38.5 Å². The van der Waals surface area contributed by atoms with Gasteiger partial charge in [-0.15, -0.1) is 0 Å². The van der Waals surface area contributed by atoms with E-state index < -0.39 is 0 Å². The van der Waals surface area contributed by atoms with Crippen molar-refractivity contribution >= 4 is 0 Å². The van der Waals surface area contributed by atoms with E-state index in [1.54, 1.807) is 0 Å². The van der Waals surface area contributed by atoms with Crippen LogP contribution in [-0.4, -0.2) is 11.2 Å². The van der Waals surface area contributed by atoms with Crippen LogP contribution in [0, 0.1) is 23.7 Å². The van der Waals surface area contributed by atoms with Crippen molar-refractivity contribution in [2.45, 2.75) is 44.6 Å². The minimum Gasteiger partial charge on any atom is -0.393 e. The number of hydrogen-bond acceptors (Lipinski definition) is 1. The van der Waals surface area contributed by atoms with Gasteiger partial charge >= 0.3 is 0 Å². The third-order valence-electron chi connectivity index (χ3n) is 4.67. The minimum absolute atomic E-state index is 0.0836. The Bertz CT molecular complexity index is 181. The molecule has 0 saturated heterocycles. The first-order valence-electron chi connectivity index (χ1n) is 5.54. The van der Waals surface area contributed by atoms with Gasteiger partial charge in [0.1, 0.15) is 0 Å². The minimum atomic E-state index is 0.0836. The summed E-state index contributed by atoms with van der Waals surface area (Å²) >= 11 is 0. The predicted octanol–water partition coefficient (Wildman–Crippen LogP) is 2.19. The van der Waals surface area contributed by atoms with E-state index in [0.29, 0.717) is 11.8 Å². The fourth-order valence-electron chi connectivity index (χ4n) is 4.13. The molecule has 0 amide bonds. The SMILES string of the molecule is O[C@H]1C2CCCC3C[C@H]1CC[C@H]32. The molecule has 1 nitrogen and oxygen atoms in total. The van der Waals surface area contributed by atoms with Crippen LogP contribution in [-0.2, 0) is 0 Å². The number of aliphatic hydroxyl groups is 1. The highest BCUT2D eigenvalue weighted by Crippen LogP contribution is 2.54. The largest absolute Gasteiger partial charge is 0.393 e. The summed E-state index contributed by atoms with van der Waals surface area (Å²) in [4.78, 5) is 0. The zero-order valence-corrected chi connectivity index (χ0v) is 7.58. The van der Waals surface area contributed by atoms with Crippen LogP contribution in [0.25, 0.3) is 0 Å². The Kier molecular flexibility index (Phi) is 1.52. The molecule has 1 heteroatoms. The first-order valence-corrected chi connectivity index (χ1v) is 5.54. The number of hydrogen-bond donors (Lipinski definition) is 1. The Morgan fingerprint density at radius 3 is 2.58 bits per heavy atom. The average molecular weight is 166 g/mol. The monoisotopic (exact) mass is 166 g/mol. The molecule has 0 aromatic carbocycles. The van der Waals surface area contributed by atoms with E-state index in [-0.39, 0.29) is 6.10 Å². The lowest BCUT2D eigenvalue weighted by Crippen LogP contribution is -2.50. The van der Waals surface area contributed by atoms with Crippen molar-refractivity contribution in [1.29, 1.82) is 0 Å². The van der Waals surface area contributed by atoms with Crippen molar-refractivity contribution in [2.24, 2.45) is 23.7 Å². The van der Waals surface area contributed by atoms with E-state index in [0.717, 1.165) is 11.8 Å². The summed E-state index contributed by atoms with van der Waals surface area (Å²) in [5.74, 6) is 3.31. The summed E-state index contributed by atoms with van der Waals surface area (Å²) < 4.78 is 0. The van der Waals surface area contributed by atoms with Crippen molar-refractivity contribution in [3.63, 3.8) is 0 Å². The molecule has 2 unspecified atom stereocenters. The number of aliphatic hydroxyl groups excluding tert-OH is 1. The highest BCUT2D eigenvalue weighted by molar-refractivity contribution is 4.99. The van der Waals surface area contributed by atoms with Crippen molar-refractivity contribution in [3.05, 3.63) is 0 Å². The lowest BCUT2D eigenvalue weighted by molar-refractivity contribution is -0.107. The van der Waals surface area contributed by atoms with E-state index in [1.807, 2.05) is 0 Å². The number of fused-ring (bicyclic) bond motifs is 1. The molecule has 4 rings (SSSR count). The zero-order valence-electron chi connectivity index (χ0n) is 7.58. The Morgan fingerprint density at radius 2 is 1.75 bits per heavy atom. The fraction of sp³-hybridized carbons (Fsp3) is 1.00. The molecule has 0 aromatic heterocycles. The first-order chi connectivity index (χ1) is 5.86. The second-order valence-corrected chi connectivity index (χ2v) is 5.08. The molecule has 0 radical (unpaired) electrons. The van der Waals surface area contributed by atoms with Crippen LogP contribution in [0.15, 0.2) is 0 Å². The van der Waals surface area contributed by atoms with Crippen molar-refractivity contribution in [2.75, 3.05) is 0 Å². The maximum atomic E-state index is 10.0. The van der Waals surface area contributed by atoms with Gasteiger partial charge in [0.2, 0.25) is 0 Å². The van der Waals surface area contributed by atoms with Crippen LogP contribution < -0.4 is 0 Å². The summed E-state index contributed by atoms with van der Waals surface area (Å²) in [5.41, 5.74) is 0. The normalized spacial score (nSPS) is 57.2. The smallest absolute Gasteiger partial charge is 0.0599 e. The van der Waals surface area contributed by atoms with Crippen molar-refractivity contribution in [1.82, 2.24) is 0 Å². The van der Waals surface area contributed by atoms with Crippen LogP contribution in [0.3, 0.4) is 0 Å². The molecular weight excluding hydrogens is 148 g/mol. The zero-order chi connectivity index (χ0) is 8.13. The first kappa shape index (κ1) is 7.37. The van der Waals surface area contributed by atoms with Gasteiger partial charge in [-0.3, -0.25) is 0 Å². The Balaban J connectivity index is 1.91. The Morgan fingerprint density at radius 1 is 0.833 bits per heavy atom. The van der Waals surface area contributed by atoms with Crippen LogP contribution in [0.4, 0.5) is 0 Å². The molecule has 4 bridgehead atoms. The summed E-state index contributed by atoms with van der Waals surface area (Å²) in [6, 6.07) is 0. The van der Waals surface area contributed by atoms with Gasteiger partial charge in [-0.2, -0.15) is 0 Å². The van der Waals surface area contributed by atoms with E-state index >= 15 is 0 Å². The van der Waals surface area contributed by atoms with Gasteiger partial charge in [-0.05, 0) is 49.4 Å². The topological polar surface area (TPSA) is 20.2 Å². The molecule has 5 atom stereocenters. The van der Waals surface area contributed by atoms with Crippen LogP contribution in [0.2, 0.25) is 0 Å². The molecule has 1 N–H and O–H groups in total. The van der Waals surface area contributed by atoms with Gasteiger partial charge in [0.15, 0.2) is 0 Å². The third-order valence-corrected chi connectivity index (χ3v) is 4.67. The standard InChI is InChI=1S/C11H18O/c12-11-8-4-5-9-7(6-8)2-1-3-10(9)11/h7-12H,1-6H2/t7?,8-,9-,10?,11-/m1/s1. The molecule has 4 saturated carbocycles. The quantitative estimate of drug-likeness (QED) is 0.585. The molecule has 4 fully saturated rings. The van der Waals surface area contributed by atoms with Gasteiger partial charge in [-0.1, -0.05) is 12.8 Å². The van der Waals surface area contributed by atoms with E-state index in [9.17, 15) is 5.11 Å². The van der Waals surface area contributed by atoms with Crippen molar-refractivity contribution in [3.8, 4) is 0 Å². The Hall–Kier alpha value is -0.0400. The molecule has 68 valence electrons. The summed E-state index contributed by atoms with van der Waals surface area (Å²) in [5, 5.41) is 10.0. The van der Waals surface area contributed by atoms with Gasteiger partial charge in [0, 0.05) is 0 Å². The van der Waals surface area contributed by atoms with Gasteiger partial charge in [0.25, 0.3) is 0 Å². The predicted molar refractivity (Wildman–Crippen MR) is 47.7 cm³/mol. The third kappa shape index (κ3) is 0.834. The maximum Gasteiger partial charge on any atom is 0.0599 e. The maximum absolute atomic E-state index is 10.0. The fourth-order valence-corrected chi connectivity index (χ4v) is 4.13. The molecular formula is C11H18O. The molecule has 4 aliphatic rings. The van der Waals surface area contributed by atoms with Gasteiger partial charge < -0.3 is 5.11 Å².